The molecule has 0 spiro atoms. The van der Waals surface area contributed by atoms with Gasteiger partial charge in [-0.25, -0.2) is 19.9 Å². The van der Waals surface area contributed by atoms with Crippen LogP contribution < -0.4 is 9.80 Å². The fourth-order valence-electron chi connectivity index (χ4n) is 5.63. The SMILES string of the molecule is CC.CC.Cc1cnc(N2C3CCC2CN(C)C3)nc1.Cc1cnc(N2CC3COCC(C3)C2)nc1. The van der Waals surface area contributed by atoms with E-state index in [4.69, 9.17) is 4.74 Å². The van der Waals surface area contributed by atoms with Gasteiger partial charge in [0.2, 0.25) is 11.9 Å². The van der Waals surface area contributed by atoms with Crippen LogP contribution >= 0.6 is 0 Å². The number of ether oxygens (including phenoxy) is 1. The summed E-state index contributed by atoms with van der Waals surface area (Å²) in [6, 6.07) is 1.23. The summed E-state index contributed by atoms with van der Waals surface area (Å²) in [6.07, 6.45) is 11.5. The van der Waals surface area contributed by atoms with Crippen LogP contribution in [0.25, 0.3) is 0 Å². The Hall–Kier alpha value is -2.32. The van der Waals surface area contributed by atoms with Crippen LogP contribution in [0.1, 0.15) is 58.1 Å². The van der Waals surface area contributed by atoms with E-state index >= 15 is 0 Å². The first-order valence-corrected chi connectivity index (χ1v) is 13.9. The zero-order valence-electron chi connectivity index (χ0n) is 23.5. The molecule has 8 nitrogen and oxygen atoms in total. The highest BCUT2D eigenvalue weighted by atomic mass is 16.5. The quantitative estimate of drug-likeness (QED) is 0.606. The molecule has 2 aromatic rings. The average Bonchev–Trinajstić information content (AvgIpc) is 3.18. The minimum absolute atomic E-state index is 0.617. The van der Waals surface area contributed by atoms with Crippen LogP contribution in [0.3, 0.4) is 0 Å². The normalized spacial score (nSPS) is 26.5. The maximum Gasteiger partial charge on any atom is 0.225 e. The molecule has 0 radical (unpaired) electrons. The zero-order chi connectivity index (χ0) is 26.1. The molecule has 0 aromatic carbocycles. The molecule has 4 aliphatic heterocycles. The first-order chi connectivity index (χ1) is 17.5. The van der Waals surface area contributed by atoms with Crippen molar-refractivity contribution >= 4 is 11.9 Å². The lowest BCUT2D eigenvalue weighted by Gasteiger charge is -2.41. The monoisotopic (exact) mass is 497 g/mol. The Balaban J connectivity index is 0.000000177. The van der Waals surface area contributed by atoms with E-state index < -0.39 is 0 Å². The summed E-state index contributed by atoms with van der Waals surface area (Å²) in [6.45, 7) is 18.2. The van der Waals surface area contributed by atoms with E-state index in [0.717, 1.165) is 62.4 Å². The molecule has 36 heavy (non-hydrogen) atoms. The Morgan fingerprint density at radius 1 is 0.694 bits per heavy atom. The van der Waals surface area contributed by atoms with Crippen LogP contribution in [0.5, 0.6) is 0 Å². The van der Waals surface area contributed by atoms with E-state index in [1.807, 2.05) is 66.3 Å². The molecule has 6 rings (SSSR count). The van der Waals surface area contributed by atoms with Crippen LogP contribution in [0.4, 0.5) is 11.9 Å². The van der Waals surface area contributed by atoms with E-state index in [-0.39, 0.29) is 0 Å². The minimum Gasteiger partial charge on any atom is -0.381 e. The number of rotatable bonds is 2. The standard InChI is InChI=1S/C12H18N4.C12H17N3O.2C2H6/c1-9-5-13-12(14-6-9)16-10-3-4-11(16)8-15(2)7-10;1-9-3-13-12(14-4-9)15-5-10-2-11(6-15)8-16-7-10;2*1-2/h5-6,10-11H,3-4,7-8H2,1-2H3;3-4,10-11H,2,5-8H2,1H3;2*1-2H3. The van der Waals surface area contributed by atoms with Crippen molar-refractivity contribution < 1.29 is 4.74 Å². The van der Waals surface area contributed by atoms with Crippen LogP contribution in [0.15, 0.2) is 24.8 Å². The third-order valence-electron chi connectivity index (χ3n) is 7.04. The third kappa shape index (κ3) is 7.13. The van der Waals surface area contributed by atoms with Crippen molar-refractivity contribution in [2.24, 2.45) is 11.8 Å². The van der Waals surface area contributed by atoms with Crippen LogP contribution in [0.2, 0.25) is 0 Å². The first-order valence-electron chi connectivity index (χ1n) is 13.9. The van der Waals surface area contributed by atoms with Crippen molar-refractivity contribution in [2.75, 3.05) is 56.2 Å². The van der Waals surface area contributed by atoms with Crippen molar-refractivity contribution in [3.05, 3.63) is 35.9 Å². The number of nitrogens with zero attached hydrogens (tertiary/aromatic N) is 7. The Morgan fingerprint density at radius 2 is 1.14 bits per heavy atom. The molecule has 4 saturated heterocycles. The summed E-state index contributed by atoms with van der Waals surface area (Å²) in [5, 5.41) is 0. The number of fused-ring (bicyclic) bond motifs is 4. The predicted molar refractivity (Wildman–Crippen MR) is 148 cm³/mol. The van der Waals surface area contributed by atoms with Gasteiger partial charge in [-0.3, -0.25) is 0 Å². The molecule has 6 heterocycles. The van der Waals surface area contributed by atoms with Crippen LogP contribution in [-0.4, -0.2) is 83.4 Å². The highest BCUT2D eigenvalue weighted by molar-refractivity contribution is 5.37. The molecular formula is C28H47N7O. The minimum atomic E-state index is 0.617. The lowest BCUT2D eigenvalue weighted by Crippen LogP contribution is -2.53. The number of likely N-dealkylation sites (tertiary alicyclic amines) is 1. The molecule has 0 N–H and O–H groups in total. The lowest BCUT2D eigenvalue weighted by atomic mass is 9.88. The van der Waals surface area contributed by atoms with Gasteiger partial charge in [-0.2, -0.15) is 0 Å². The van der Waals surface area contributed by atoms with Crippen molar-refractivity contribution in [3.63, 3.8) is 0 Å². The second-order valence-corrected chi connectivity index (χ2v) is 10.0. The van der Waals surface area contributed by atoms with E-state index in [9.17, 15) is 0 Å². The van der Waals surface area contributed by atoms with Gasteiger partial charge in [0.15, 0.2) is 0 Å². The highest BCUT2D eigenvalue weighted by Crippen LogP contribution is 2.32. The summed E-state index contributed by atoms with van der Waals surface area (Å²) in [7, 11) is 2.21. The molecule has 4 unspecified atom stereocenters. The van der Waals surface area contributed by atoms with E-state index in [2.05, 4.69) is 41.7 Å². The van der Waals surface area contributed by atoms with Gasteiger partial charge in [0.25, 0.3) is 0 Å². The summed E-state index contributed by atoms with van der Waals surface area (Å²) in [5.74, 6) is 3.13. The largest absolute Gasteiger partial charge is 0.381 e. The van der Waals surface area contributed by atoms with Crippen molar-refractivity contribution in [2.45, 2.75) is 72.9 Å². The molecule has 8 heteroatoms. The Bertz CT molecular complexity index is 866. The first kappa shape index (κ1) is 28.3. The van der Waals surface area contributed by atoms with Crippen molar-refractivity contribution in [1.29, 1.82) is 0 Å². The summed E-state index contributed by atoms with van der Waals surface area (Å²) in [5.41, 5.74) is 2.24. The second-order valence-electron chi connectivity index (χ2n) is 10.0. The van der Waals surface area contributed by atoms with Crippen LogP contribution in [-0.2, 0) is 4.74 Å². The van der Waals surface area contributed by atoms with Gasteiger partial charge in [-0.1, -0.05) is 27.7 Å². The van der Waals surface area contributed by atoms with Gasteiger partial charge in [-0.15, -0.1) is 0 Å². The number of piperazine rings is 1. The molecule has 200 valence electrons. The van der Waals surface area contributed by atoms with Gasteiger partial charge in [-0.05, 0) is 51.3 Å². The molecule has 4 aliphatic rings. The van der Waals surface area contributed by atoms with Crippen molar-refractivity contribution in [3.8, 4) is 0 Å². The van der Waals surface area contributed by atoms with Gasteiger partial charge >= 0.3 is 0 Å². The molecule has 0 saturated carbocycles. The van der Waals surface area contributed by atoms with E-state index in [1.54, 1.807) is 0 Å². The number of hydrogen-bond donors (Lipinski definition) is 0. The number of aromatic nitrogens is 4. The van der Waals surface area contributed by atoms with E-state index in [1.165, 1.54) is 19.3 Å². The molecule has 4 atom stereocenters. The second kappa shape index (κ2) is 13.8. The number of anilines is 2. The highest BCUT2D eigenvalue weighted by Gasteiger charge is 2.40. The number of aryl methyl sites for hydroxylation is 2. The molecule has 2 aromatic heterocycles. The number of likely N-dealkylation sites (N-methyl/N-ethyl adjacent to an activating group) is 1. The smallest absolute Gasteiger partial charge is 0.225 e. The van der Waals surface area contributed by atoms with Gasteiger partial charge in [0, 0.05) is 74.9 Å². The topological polar surface area (TPSA) is 70.5 Å². The predicted octanol–water partition coefficient (Wildman–Crippen LogP) is 4.38. The van der Waals surface area contributed by atoms with Gasteiger partial charge in [0.05, 0.1) is 13.2 Å². The lowest BCUT2D eigenvalue weighted by molar-refractivity contribution is 0.00592. The third-order valence-corrected chi connectivity index (χ3v) is 7.04. The number of piperidine rings is 1. The zero-order valence-corrected chi connectivity index (χ0v) is 23.5. The fraction of sp³-hybridized carbons (Fsp3) is 0.714. The molecule has 4 fully saturated rings. The van der Waals surface area contributed by atoms with Crippen molar-refractivity contribution in [1.82, 2.24) is 24.8 Å². The number of hydrogen-bond acceptors (Lipinski definition) is 8. The molecular weight excluding hydrogens is 450 g/mol. The maximum atomic E-state index is 5.57. The summed E-state index contributed by atoms with van der Waals surface area (Å²) in [4.78, 5) is 24.9. The molecule has 0 amide bonds. The van der Waals surface area contributed by atoms with Gasteiger partial charge in [0.1, 0.15) is 0 Å². The fourth-order valence-corrected chi connectivity index (χ4v) is 5.63. The van der Waals surface area contributed by atoms with Gasteiger partial charge < -0.3 is 19.4 Å². The summed E-state index contributed by atoms with van der Waals surface area (Å²) >= 11 is 0. The Morgan fingerprint density at radius 3 is 1.61 bits per heavy atom. The Labute approximate surface area is 218 Å². The Kier molecular flexibility index (Phi) is 10.9. The molecule has 4 bridgehead atoms. The molecule has 0 aliphatic carbocycles. The summed E-state index contributed by atoms with van der Waals surface area (Å²) < 4.78 is 5.57. The average molecular weight is 498 g/mol. The maximum absolute atomic E-state index is 5.57. The van der Waals surface area contributed by atoms with E-state index in [0.29, 0.717) is 23.9 Å². The van der Waals surface area contributed by atoms with Crippen LogP contribution in [0, 0.1) is 25.7 Å².